The second-order valence-corrected chi connectivity index (χ2v) is 0. The Morgan fingerprint density at radius 2 is 0.154 bits per heavy atom. The van der Waals surface area contributed by atoms with Crippen LogP contribution in [0.5, 0.6) is 0 Å². The topological polar surface area (TPSA) is 0 Å². The van der Waals surface area contributed by atoms with Crippen molar-refractivity contribution in [3.63, 3.8) is 0 Å². The summed E-state index contributed by atoms with van der Waals surface area (Å²) < 4.78 is 0. The fourth-order valence-electron chi connectivity index (χ4n) is 0. The maximum absolute atomic E-state index is 0. The largest absolute Gasteiger partial charge is 0 e. The van der Waals surface area contributed by atoms with Crippen LogP contribution in [-0.4, -0.2) is 0 Å². The van der Waals surface area contributed by atoms with Crippen LogP contribution in [0.2, 0.25) is 0 Å². The van der Waals surface area contributed by atoms with E-state index in [2.05, 4.69) is 0 Å². The summed E-state index contributed by atoms with van der Waals surface area (Å²) in [5.41, 5.74) is 0. The zero-order chi connectivity index (χ0) is 0. The molecule has 0 nitrogen and oxygen atoms in total. The van der Waals surface area contributed by atoms with E-state index in [1.165, 1.54) is 0 Å². The Hall–Kier alpha value is 8.84. The standard InChI is InChI=1S/12Mo.V. The molecule has 0 aromatic rings. The van der Waals surface area contributed by atoms with Gasteiger partial charge in [-0.3, -0.25) is 0 Å². The molecule has 0 aliphatic rings. The molecule has 0 saturated heterocycles. The van der Waals surface area contributed by atoms with E-state index in [1.807, 2.05) is 0 Å². The number of hydrogen-bond acceptors (Lipinski definition) is 0. The van der Waals surface area contributed by atoms with Crippen molar-refractivity contribution in [2.75, 3.05) is 0 Å². The Morgan fingerprint density at radius 1 is 0.154 bits per heavy atom. The summed E-state index contributed by atoms with van der Waals surface area (Å²) in [6.07, 6.45) is 0. The van der Waals surface area contributed by atoms with Gasteiger partial charge in [0.05, 0.1) is 0 Å². The quantitative estimate of drug-likeness (QED) is 0.300. The summed E-state index contributed by atoms with van der Waals surface area (Å²) in [7, 11) is 0. The van der Waals surface area contributed by atoms with Gasteiger partial charge in [0.2, 0.25) is 0 Å². The molecular weight excluding hydrogens is 1200 g/mol. The molecule has 0 aliphatic heterocycles. The Morgan fingerprint density at radius 3 is 0.154 bits per heavy atom. The van der Waals surface area contributed by atoms with Crippen LogP contribution in [-0.2, 0) is 271 Å². The molecule has 0 aliphatic carbocycles. The monoisotopic (exact) mass is 1230 g/mol. The molecular formula is Mo12V. The fourth-order valence-corrected chi connectivity index (χ4v) is 0. The van der Waals surface area contributed by atoms with Crippen molar-refractivity contribution >= 4 is 0 Å². The first-order valence-electron chi connectivity index (χ1n) is 0. The van der Waals surface area contributed by atoms with Gasteiger partial charge in [0.1, 0.15) is 0 Å². The average Bonchev–Trinajstić information content (AvgIpc) is 0. The summed E-state index contributed by atoms with van der Waals surface area (Å²) in [4.78, 5) is 0. The van der Waals surface area contributed by atoms with E-state index in [0.29, 0.717) is 0 Å². The van der Waals surface area contributed by atoms with Crippen molar-refractivity contribution in [3.8, 4) is 0 Å². The molecule has 1 radical (unpaired) electrons. The van der Waals surface area contributed by atoms with E-state index in [0.717, 1.165) is 0 Å². The molecule has 0 bridgehead atoms. The van der Waals surface area contributed by atoms with Crippen LogP contribution in [0.3, 0.4) is 0 Å². The predicted molar refractivity (Wildman–Crippen MR) is 0 cm³/mol. The van der Waals surface area contributed by atoms with Gasteiger partial charge in [0.25, 0.3) is 0 Å². The molecule has 0 aromatic carbocycles. The second-order valence-electron chi connectivity index (χ2n) is 0. The molecule has 0 N–H and O–H groups in total. The van der Waals surface area contributed by atoms with Gasteiger partial charge in [0.15, 0.2) is 0 Å². The van der Waals surface area contributed by atoms with E-state index < -0.39 is 0 Å². The molecule has 0 atom stereocenters. The third-order valence-corrected chi connectivity index (χ3v) is 0. The SMILES string of the molecule is [Mo].[Mo].[Mo].[Mo].[Mo].[Mo].[Mo].[Mo].[Mo].[Mo].[Mo].[Mo].[V]. The van der Waals surface area contributed by atoms with Gasteiger partial charge < -0.3 is 0 Å². The summed E-state index contributed by atoms with van der Waals surface area (Å²) in [5, 5.41) is 0. The second kappa shape index (κ2) is 105. The molecule has 0 amide bonds. The summed E-state index contributed by atoms with van der Waals surface area (Å²) in [6, 6.07) is 0. The maximum Gasteiger partial charge on any atom is 0 e. The third-order valence-electron chi connectivity index (χ3n) is 0. The molecule has 13 heteroatoms. The van der Waals surface area contributed by atoms with Crippen LogP contribution in [0.4, 0.5) is 0 Å². The van der Waals surface area contributed by atoms with Crippen molar-refractivity contribution in [3.05, 3.63) is 0 Å². The van der Waals surface area contributed by atoms with Crippen molar-refractivity contribution in [2.45, 2.75) is 0 Å². The van der Waals surface area contributed by atoms with Crippen molar-refractivity contribution in [2.24, 2.45) is 0 Å². The fraction of sp³-hybridized carbons (Fsp3) is 0. The maximum atomic E-state index is 0. The van der Waals surface area contributed by atoms with E-state index >= 15 is 0 Å². The molecule has 0 aromatic heterocycles. The molecule has 13 heavy (non-hydrogen) atoms. The van der Waals surface area contributed by atoms with Crippen LogP contribution in [0, 0.1) is 0 Å². The number of rotatable bonds is 0. The van der Waals surface area contributed by atoms with Gasteiger partial charge in [0, 0.05) is 271 Å². The smallest absolute Gasteiger partial charge is 0 e. The predicted octanol–water partition coefficient (Wildman–Crippen LogP) is -0.0325. The molecule has 0 unspecified atom stereocenters. The van der Waals surface area contributed by atoms with Crippen molar-refractivity contribution in [1.82, 2.24) is 0 Å². The Kier molecular flexibility index (Phi) is 979. The van der Waals surface area contributed by atoms with Crippen LogP contribution in [0.15, 0.2) is 0 Å². The first-order chi connectivity index (χ1) is 0. The summed E-state index contributed by atoms with van der Waals surface area (Å²) in [5.74, 6) is 0. The molecule has 0 heterocycles. The van der Waals surface area contributed by atoms with E-state index in [-0.39, 0.29) is 271 Å². The number of hydrogen-bond donors (Lipinski definition) is 0. The van der Waals surface area contributed by atoms with Crippen molar-refractivity contribution < 1.29 is 271 Å². The Labute approximate surface area is 264 Å². The molecule has 77 valence electrons. The van der Waals surface area contributed by atoms with Gasteiger partial charge in [-0.2, -0.15) is 0 Å². The molecule has 0 rings (SSSR count). The van der Waals surface area contributed by atoms with Gasteiger partial charge in [-0.15, -0.1) is 0 Å². The van der Waals surface area contributed by atoms with Gasteiger partial charge in [-0.25, -0.2) is 0 Å². The van der Waals surface area contributed by atoms with Crippen LogP contribution < -0.4 is 0 Å². The average molecular weight is 1200 g/mol. The van der Waals surface area contributed by atoms with Crippen LogP contribution in [0.1, 0.15) is 0 Å². The first kappa shape index (κ1) is 121. The summed E-state index contributed by atoms with van der Waals surface area (Å²) in [6.45, 7) is 0. The minimum Gasteiger partial charge on any atom is 0 e. The first-order valence-corrected chi connectivity index (χ1v) is 0. The normalized spacial score (nSPS) is 0. The zero-order valence-corrected chi connectivity index (χ0v) is 30.8. The Bertz CT molecular complexity index is 5.09. The van der Waals surface area contributed by atoms with Gasteiger partial charge >= 0.3 is 0 Å². The van der Waals surface area contributed by atoms with Crippen molar-refractivity contribution in [1.29, 1.82) is 0 Å². The molecule has 0 fully saturated rings. The molecule has 0 saturated carbocycles. The Balaban J connectivity index is 0. The van der Waals surface area contributed by atoms with Crippen LogP contribution >= 0.6 is 0 Å². The van der Waals surface area contributed by atoms with Crippen LogP contribution in [0.25, 0.3) is 0 Å². The zero-order valence-electron chi connectivity index (χ0n) is 5.35. The third kappa shape index (κ3) is 94.6. The van der Waals surface area contributed by atoms with E-state index in [4.69, 9.17) is 0 Å². The van der Waals surface area contributed by atoms with Gasteiger partial charge in [-0.1, -0.05) is 0 Å². The molecule has 0 spiro atoms. The van der Waals surface area contributed by atoms with E-state index in [9.17, 15) is 0 Å². The van der Waals surface area contributed by atoms with E-state index in [1.54, 1.807) is 0 Å². The van der Waals surface area contributed by atoms with Gasteiger partial charge in [-0.05, 0) is 0 Å². The summed E-state index contributed by atoms with van der Waals surface area (Å²) >= 11 is 0. The minimum atomic E-state index is 0. The minimum absolute atomic E-state index is 0.